The van der Waals surface area contributed by atoms with E-state index in [0.717, 1.165) is 11.3 Å². The summed E-state index contributed by atoms with van der Waals surface area (Å²) in [6.07, 6.45) is 1.30. The molecule has 1 aliphatic rings. The fourth-order valence-electron chi connectivity index (χ4n) is 4.63. The van der Waals surface area contributed by atoms with E-state index in [4.69, 9.17) is 16.6 Å². The van der Waals surface area contributed by atoms with Crippen molar-refractivity contribution in [1.82, 2.24) is 14.5 Å². The van der Waals surface area contributed by atoms with Crippen molar-refractivity contribution >= 4 is 40.6 Å². The number of carbonyl (C=O) groups excluding carboxylic acids is 2. The number of carbonyl (C=O) groups is 2. The van der Waals surface area contributed by atoms with Gasteiger partial charge in [0, 0.05) is 42.9 Å². The van der Waals surface area contributed by atoms with Gasteiger partial charge in [-0.15, -0.1) is 0 Å². The summed E-state index contributed by atoms with van der Waals surface area (Å²) < 4.78 is 30.2. The van der Waals surface area contributed by atoms with Gasteiger partial charge in [0.15, 0.2) is 0 Å². The lowest BCUT2D eigenvalue weighted by Gasteiger charge is -2.28. The van der Waals surface area contributed by atoms with Crippen molar-refractivity contribution in [3.8, 4) is 11.3 Å². The maximum Gasteiger partial charge on any atom is 0.224 e. The van der Waals surface area contributed by atoms with Crippen LogP contribution < -0.4 is 10.6 Å². The van der Waals surface area contributed by atoms with E-state index in [1.165, 1.54) is 24.3 Å². The number of amides is 2. The lowest BCUT2D eigenvalue weighted by Crippen LogP contribution is -2.38. The molecule has 1 aliphatic heterocycles. The van der Waals surface area contributed by atoms with Crippen molar-refractivity contribution in [2.24, 2.45) is 0 Å². The average Bonchev–Trinajstić information content (AvgIpc) is 3.31. The summed E-state index contributed by atoms with van der Waals surface area (Å²) in [5, 5.41) is 6.05. The van der Waals surface area contributed by atoms with Crippen LogP contribution in [0.2, 0.25) is 5.02 Å². The van der Waals surface area contributed by atoms with Crippen LogP contribution in [0.5, 0.6) is 0 Å². The smallest absolute Gasteiger partial charge is 0.224 e. The Labute approximate surface area is 235 Å². The van der Waals surface area contributed by atoms with Gasteiger partial charge in [-0.3, -0.25) is 9.59 Å². The first-order valence-electron chi connectivity index (χ1n) is 13.0. The topological polar surface area (TPSA) is 79.3 Å². The summed E-state index contributed by atoms with van der Waals surface area (Å²) in [4.78, 5) is 31.2. The predicted octanol–water partition coefficient (Wildman–Crippen LogP) is 6.55. The number of nitrogens with zero attached hydrogens (tertiary/aromatic N) is 3. The Morgan fingerprint density at radius 1 is 1.00 bits per heavy atom. The Balaban J connectivity index is 1.32. The van der Waals surface area contributed by atoms with Crippen LogP contribution in [0.15, 0.2) is 66.7 Å². The minimum atomic E-state index is -0.561. The van der Waals surface area contributed by atoms with Gasteiger partial charge in [0.2, 0.25) is 11.8 Å². The number of hydrogen-bond acceptors (Lipinski definition) is 4. The first kappa shape index (κ1) is 27.3. The molecule has 0 saturated heterocycles. The molecule has 5 rings (SSSR count). The second-order valence-corrected chi connectivity index (χ2v) is 9.96. The minimum absolute atomic E-state index is 0.000741. The number of aryl methyl sites for hydroxylation is 1. The maximum absolute atomic E-state index is 14.1. The second-order valence-electron chi connectivity index (χ2n) is 9.56. The highest BCUT2D eigenvalue weighted by atomic mass is 35.5. The molecule has 2 amide bonds. The first-order valence-corrected chi connectivity index (χ1v) is 13.4. The molecule has 2 N–H and O–H groups in total. The van der Waals surface area contributed by atoms with Crippen molar-refractivity contribution in [2.45, 2.75) is 39.3 Å². The number of hydrogen-bond donors (Lipinski definition) is 2. The van der Waals surface area contributed by atoms with E-state index < -0.39 is 11.6 Å². The number of benzene rings is 3. The van der Waals surface area contributed by atoms with Gasteiger partial charge in [0.1, 0.15) is 29.0 Å². The van der Waals surface area contributed by atoms with Crippen LogP contribution in [0.1, 0.15) is 31.2 Å². The van der Waals surface area contributed by atoms with Crippen LogP contribution in [0.3, 0.4) is 0 Å². The van der Waals surface area contributed by atoms with Crippen molar-refractivity contribution in [1.29, 1.82) is 0 Å². The van der Waals surface area contributed by atoms with Crippen molar-refractivity contribution in [3.05, 3.63) is 94.8 Å². The molecule has 7 nitrogen and oxygen atoms in total. The molecule has 40 heavy (non-hydrogen) atoms. The largest absolute Gasteiger partial charge is 0.340 e. The zero-order valence-corrected chi connectivity index (χ0v) is 22.6. The fourth-order valence-corrected chi connectivity index (χ4v) is 4.75. The highest BCUT2D eigenvalue weighted by Gasteiger charge is 2.27. The van der Waals surface area contributed by atoms with Crippen LogP contribution >= 0.6 is 11.6 Å². The van der Waals surface area contributed by atoms with E-state index in [1.54, 1.807) is 30.0 Å². The molecule has 2 heterocycles. The standard InChI is InChI=1S/C30H28ClF2N5O2/c1-2-27(39)34-22-9-6-19(7-10-22)8-13-28(40)37-14-15-38-26(18-37)36-29(20-4-3-5-21(32)16-20)30(38)35-23-11-12-24(31)25(33)17-23/h3-7,9-12,16-17,35H,2,8,13-15,18H2,1H3,(H,34,39). The third-order valence-corrected chi connectivity index (χ3v) is 7.10. The number of aromatic nitrogens is 2. The zero-order valence-electron chi connectivity index (χ0n) is 21.9. The summed E-state index contributed by atoms with van der Waals surface area (Å²) >= 11 is 5.85. The van der Waals surface area contributed by atoms with E-state index in [2.05, 4.69) is 10.6 Å². The average molecular weight is 564 g/mol. The summed E-state index contributed by atoms with van der Waals surface area (Å²) in [5.41, 5.74) is 3.27. The summed E-state index contributed by atoms with van der Waals surface area (Å²) in [5.74, 6) is 0.223. The van der Waals surface area contributed by atoms with E-state index in [-0.39, 0.29) is 16.8 Å². The molecule has 0 spiro atoms. The van der Waals surface area contributed by atoms with Crippen molar-refractivity contribution < 1.29 is 18.4 Å². The third kappa shape index (κ3) is 6.15. The molecule has 0 fully saturated rings. The first-order chi connectivity index (χ1) is 19.3. The number of nitrogens with one attached hydrogen (secondary N) is 2. The Morgan fingerprint density at radius 2 is 1.77 bits per heavy atom. The number of anilines is 3. The quantitative estimate of drug-likeness (QED) is 0.255. The number of halogens is 3. The van der Waals surface area contributed by atoms with Gasteiger partial charge < -0.3 is 20.1 Å². The highest BCUT2D eigenvalue weighted by molar-refractivity contribution is 6.30. The van der Waals surface area contributed by atoms with Crippen molar-refractivity contribution in [3.63, 3.8) is 0 Å². The predicted molar refractivity (Wildman–Crippen MR) is 151 cm³/mol. The molecule has 10 heteroatoms. The van der Waals surface area contributed by atoms with Gasteiger partial charge in [-0.25, -0.2) is 13.8 Å². The molecule has 0 unspecified atom stereocenters. The third-order valence-electron chi connectivity index (χ3n) is 6.79. The molecule has 4 aromatic rings. The molecule has 0 radical (unpaired) electrons. The molecule has 0 saturated carbocycles. The molecule has 0 aliphatic carbocycles. The summed E-state index contributed by atoms with van der Waals surface area (Å²) in [7, 11) is 0. The van der Waals surface area contributed by atoms with E-state index in [9.17, 15) is 18.4 Å². The zero-order chi connectivity index (χ0) is 28.2. The number of fused-ring (bicyclic) bond motifs is 1. The Hall–Kier alpha value is -4.24. The molecule has 3 aromatic carbocycles. The summed E-state index contributed by atoms with van der Waals surface area (Å²) in [6.45, 7) is 3.02. The second kappa shape index (κ2) is 11.9. The van der Waals surface area contributed by atoms with Gasteiger partial charge in [0.05, 0.1) is 11.6 Å². The van der Waals surface area contributed by atoms with Gasteiger partial charge in [-0.05, 0) is 54.4 Å². The SMILES string of the molecule is CCC(=O)Nc1ccc(CCC(=O)N2CCn3c(nc(-c4cccc(F)c4)c3Nc3ccc(Cl)c(F)c3)C2)cc1. The lowest BCUT2D eigenvalue weighted by atomic mass is 10.1. The van der Waals surface area contributed by atoms with Crippen LogP contribution in [0.25, 0.3) is 11.3 Å². The molecular formula is C30H28ClF2N5O2. The van der Waals surface area contributed by atoms with Crippen LogP contribution in [-0.2, 0) is 29.1 Å². The van der Waals surface area contributed by atoms with Crippen LogP contribution in [0, 0.1) is 11.6 Å². The van der Waals surface area contributed by atoms with Gasteiger partial charge in [0.25, 0.3) is 0 Å². The minimum Gasteiger partial charge on any atom is -0.340 e. The van der Waals surface area contributed by atoms with Crippen LogP contribution in [0.4, 0.5) is 26.0 Å². The maximum atomic E-state index is 14.1. The van der Waals surface area contributed by atoms with Crippen LogP contribution in [-0.4, -0.2) is 32.8 Å². The molecule has 0 atom stereocenters. The lowest BCUT2D eigenvalue weighted by molar-refractivity contribution is -0.132. The number of rotatable bonds is 8. The number of imidazole rings is 1. The van der Waals surface area contributed by atoms with Gasteiger partial charge in [-0.2, -0.15) is 0 Å². The Kier molecular flexibility index (Phi) is 8.11. The normalized spacial score (nSPS) is 12.7. The summed E-state index contributed by atoms with van der Waals surface area (Å²) in [6, 6.07) is 18.0. The Bertz CT molecular complexity index is 1550. The van der Waals surface area contributed by atoms with Gasteiger partial charge in [-0.1, -0.05) is 42.8 Å². The molecule has 1 aromatic heterocycles. The van der Waals surface area contributed by atoms with Gasteiger partial charge >= 0.3 is 0 Å². The van der Waals surface area contributed by atoms with E-state index in [0.29, 0.717) is 67.5 Å². The molecule has 206 valence electrons. The molecule has 0 bridgehead atoms. The fraction of sp³-hybridized carbons (Fsp3) is 0.233. The van der Waals surface area contributed by atoms with Crippen molar-refractivity contribution in [2.75, 3.05) is 17.2 Å². The van der Waals surface area contributed by atoms with E-state index >= 15 is 0 Å². The molecular weight excluding hydrogens is 536 g/mol. The van der Waals surface area contributed by atoms with E-state index in [1.807, 2.05) is 28.8 Å². The Morgan fingerprint density at radius 3 is 2.50 bits per heavy atom. The monoisotopic (exact) mass is 563 g/mol. The highest BCUT2D eigenvalue weighted by Crippen LogP contribution is 2.34.